The van der Waals surface area contributed by atoms with Crippen LogP contribution in [-0.4, -0.2) is 24.7 Å². The summed E-state index contributed by atoms with van der Waals surface area (Å²) in [6.07, 6.45) is 2.99. The lowest BCUT2D eigenvalue weighted by atomic mass is 10.2. The van der Waals surface area contributed by atoms with Crippen LogP contribution in [0, 0.1) is 5.92 Å². The van der Waals surface area contributed by atoms with Crippen molar-refractivity contribution in [3.63, 3.8) is 0 Å². The maximum atomic E-state index is 11.1. The third kappa shape index (κ3) is 3.66. The predicted molar refractivity (Wildman–Crippen MR) is 56.0 cm³/mol. The molecule has 1 aliphatic carbocycles. The maximum Gasteiger partial charge on any atom is 0.307 e. The van der Waals surface area contributed by atoms with Crippen LogP contribution >= 0.6 is 0 Å². The third-order valence-corrected chi connectivity index (χ3v) is 2.72. The second kappa shape index (κ2) is 5.35. The normalized spacial score (nSPS) is 27.1. The molecule has 0 saturated heterocycles. The molecule has 1 saturated carbocycles. The Morgan fingerprint density at radius 2 is 2.29 bits per heavy atom. The number of rotatable bonds is 6. The van der Waals surface area contributed by atoms with Crippen molar-refractivity contribution >= 4 is 5.97 Å². The average Bonchev–Trinajstić information content (AvgIpc) is 2.83. The summed E-state index contributed by atoms with van der Waals surface area (Å²) in [7, 11) is 0. The van der Waals surface area contributed by atoms with Gasteiger partial charge in [0.05, 0.1) is 13.0 Å². The van der Waals surface area contributed by atoms with Gasteiger partial charge in [-0.3, -0.25) is 4.79 Å². The van der Waals surface area contributed by atoms with Crippen molar-refractivity contribution in [2.75, 3.05) is 6.61 Å². The summed E-state index contributed by atoms with van der Waals surface area (Å²) in [4.78, 5) is 11.1. The number of ether oxygens (including phenoxy) is 1. The minimum absolute atomic E-state index is 0.0961. The molecule has 0 aromatic carbocycles. The summed E-state index contributed by atoms with van der Waals surface area (Å²) in [5.74, 6) is 0.737. The second-order valence-electron chi connectivity index (χ2n) is 4.09. The van der Waals surface area contributed by atoms with Gasteiger partial charge in [0.2, 0.25) is 0 Å². The molecule has 3 atom stereocenters. The van der Waals surface area contributed by atoms with Crippen LogP contribution in [0.5, 0.6) is 0 Å². The van der Waals surface area contributed by atoms with E-state index in [0.717, 1.165) is 5.92 Å². The molecular formula is C11H21NO2. The van der Waals surface area contributed by atoms with Gasteiger partial charge in [-0.25, -0.2) is 0 Å². The SMILES string of the molecule is CCOC(=O)CC(C)NC1CC1CC. The van der Waals surface area contributed by atoms with Gasteiger partial charge in [-0.05, 0) is 26.2 Å². The topological polar surface area (TPSA) is 38.3 Å². The summed E-state index contributed by atoms with van der Waals surface area (Å²) in [6.45, 7) is 6.57. The summed E-state index contributed by atoms with van der Waals surface area (Å²) >= 11 is 0. The molecule has 1 aliphatic rings. The second-order valence-corrected chi connectivity index (χ2v) is 4.09. The van der Waals surface area contributed by atoms with E-state index in [-0.39, 0.29) is 12.0 Å². The van der Waals surface area contributed by atoms with Gasteiger partial charge in [-0.15, -0.1) is 0 Å². The van der Waals surface area contributed by atoms with Gasteiger partial charge in [-0.1, -0.05) is 13.3 Å². The molecule has 0 spiro atoms. The van der Waals surface area contributed by atoms with Gasteiger partial charge >= 0.3 is 5.97 Å². The van der Waals surface area contributed by atoms with Crippen molar-refractivity contribution in [1.29, 1.82) is 0 Å². The molecule has 3 unspecified atom stereocenters. The molecular weight excluding hydrogens is 178 g/mol. The predicted octanol–water partition coefficient (Wildman–Crippen LogP) is 1.72. The van der Waals surface area contributed by atoms with E-state index in [1.54, 1.807) is 0 Å². The van der Waals surface area contributed by atoms with E-state index in [1.165, 1.54) is 12.8 Å². The van der Waals surface area contributed by atoms with Crippen LogP contribution in [0.1, 0.15) is 40.0 Å². The van der Waals surface area contributed by atoms with Crippen LogP contribution in [-0.2, 0) is 9.53 Å². The Bertz CT molecular complexity index is 194. The Morgan fingerprint density at radius 3 is 2.79 bits per heavy atom. The highest BCUT2D eigenvalue weighted by Gasteiger charge is 2.35. The van der Waals surface area contributed by atoms with Gasteiger partial charge in [-0.2, -0.15) is 0 Å². The molecule has 3 heteroatoms. The summed E-state index contributed by atoms with van der Waals surface area (Å²) in [5, 5.41) is 3.44. The number of nitrogens with one attached hydrogen (secondary N) is 1. The molecule has 0 amide bonds. The van der Waals surface area contributed by atoms with Crippen LogP contribution in [0.2, 0.25) is 0 Å². The zero-order chi connectivity index (χ0) is 10.6. The molecule has 82 valence electrons. The maximum absolute atomic E-state index is 11.1. The fourth-order valence-electron chi connectivity index (χ4n) is 1.80. The minimum atomic E-state index is -0.0961. The van der Waals surface area contributed by atoms with E-state index in [9.17, 15) is 4.79 Å². The Hall–Kier alpha value is -0.570. The van der Waals surface area contributed by atoms with Crippen molar-refractivity contribution in [1.82, 2.24) is 5.32 Å². The highest BCUT2D eigenvalue weighted by molar-refractivity contribution is 5.70. The number of carbonyl (C=O) groups excluding carboxylic acids is 1. The monoisotopic (exact) mass is 199 g/mol. The molecule has 0 aromatic heterocycles. The quantitative estimate of drug-likeness (QED) is 0.662. The van der Waals surface area contributed by atoms with Crippen molar-refractivity contribution in [2.45, 2.75) is 52.1 Å². The molecule has 14 heavy (non-hydrogen) atoms. The van der Waals surface area contributed by atoms with E-state index < -0.39 is 0 Å². The zero-order valence-corrected chi connectivity index (χ0v) is 9.38. The van der Waals surface area contributed by atoms with Gasteiger partial charge in [0.1, 0.15) is 0 Å². The first kappa shape index (κ1) is 11.5. The molecule has 1 N–H and O–H groups in total. The Morgan fingerprint density at radius 1 is 1.57 bits per heavy atom. The van der Waals surface area contributed by atoms with E-state index >= 15 is 0 Å². The highest BCUT2D eigenvalue weighted by atomic mass is 16.5. The molecule has 0 aliphatic heterocycles. The largest absolute Gasteiger partial charge is 0.466 e. The van der Waals surface area contributed by atoms with E-state index in [0.29, 0.717) is 19.1 Å². The summed E-state index contributed by atoms with van der Waals surface area (Å²) in [5.41, 5.74) is 0. The Labute approximate surface area is 86.2 Å². The van der Waals surface area contributed by atoms with Crippen molar-refractivity contribution in [2.24, 2.45) is 5.92 Å². The molecule has 3 nitrogen and oxygen atoms in total. The molecule has 0 bridgehead atoms. The molecule has 1 fully saturated rings. The first-order valence-corrected chi connectivity index (χ1v) is 5.59. The molecule has 0 heterocycles. The first-order valence-electron chi connectivity index (χ1n) is 5.59. The Balaban J connectivity index is 2.10. The van der Waals surface area contributed by atoms with Crippen LogP contribution in [0.4, 0.5) is 0 Å². The molecule has 1 rings (SSSR count). The van der Waals surface area contributed by atoms with Crippen LogP contribution in [0.25, 0.3) is 0 Å². The summed E-state index contributed by atoms with van der Waals surface area (Å²) in [6, 6.07) is 0.889. The Kier molecular flexibility index (Phi) is 4.39. The lowest BCUT2D eigenvalue weighted by molar-refractivity contribution is -0.143. The lowest BCUT2D eigenvalue weighted by Crippen LogP contribution is -2.31. The molecule has 0 radical (unpaired) electrons. The van der Waals surface area contributed by atoms with E-state index in [1.807, 2.05) is 13.8 Å². The number of esters is 1. The smallest absolute Gasteiger partial charge is 0.307 e. The van der Waals surface area contributed by atoms with Crippen LogP contribution < -0.4 is 5.32 Å². The lowest BCUT2D eigenvalue weighted by Gasteiger charge is -2.12. The van der Waals surface area contributed by atoms with Crippen molar-refractivity contribution in [3.8, 4) is 0 Å². The number of hydrogen-bond donors (Lipinski definition) is 1. The van der Waals surface area contributed by atoms with Crippen molar-refractivity contribution < 1.29 is 9.53 Å². The van der Waals surface area contributed by atoms with E-state index in [2.05, 4.69) is 12.2 Å². The average molecular weight is 199 g/mol. The van der Waals surface area contributed by atoms with Gasteiger partial charge in [0, 0.05) is 12.1 Å². The fraction of sp³-hybridized carbons (Fsp3) is 0.909. The first-order chi connectivity index (χ1) is 6.67. The number of carbonyl (C=O) groups is 1. The fourth-order valence-corrected chi connectivity index (χ4v) is 1.80. The standard InChI is InChI=1S/C11H21NO2/c1-4-9-7-10(9)12-8(3)6-11(13)14-5-2/h8-10,12H,4-7H2,1-3H3. The van der Waals surface area contributed by atoms with Crippen LogP contribution in [0.15, 0.2) is 0 Å². The van der Waals surface area contributed by atoms with Gasteiger partial charge in [0.25, 0.3) is 0 Å². The van der Waals surface area contributed by atoms with Crippen molar-refractivity contribution in [3.05, 3.63) is 0 Å². The van der Waals surface area contributed by atoms with E-state index in [4.69, 9.17) is 4.74 Å². The van der Waals surface area contributed by atoms with Gasteiger partial charge < -0.3 is 10.1 Å². The minimum Gasteiger partial charge on any atom is -0.466 e. The zero-order valence-electron chi connectivity index (χ0n) is 9.38. The van der Waals surface area contributed by atoms with Crippen LogP contribution in [0.3, 0.4) is 0 Å². The third-order valence-electron chi connectivity index (χ3n) is 2.72. The molecule has 0 aromatic rings. The summed E-state index contributed by atoms with van der Waals surface area (Å²) < 4.78 is 4.89. The van der Waals surface area contributed by atoms with Gasteiger partial charge in [0.15, 0.2) is 0 Å². The highest BCUT2D eigenvalue weighted by Crippen LogP contribution is 2.33. The number of hydrogen-bond acceptors (Lipinski definition) is 3.